The Hall–Kier alpha value is -1.03. The average molecular weight is 225 g/mol. The van der Waals surface area contributed by atoms with Gasteiger partial charge >= 0.3 is 5.97 Å². The Morgan fingerprint density at radius 2 is 2.47 bits per heavy atom. The molecule has 4 heteroatoms. The van der Waals surface area contributed by atoms with E-state index < -0.39 is 5.97 Å². The first-order chi connectivity index (χ1) is 7.20. The molecule has 15 heavy (non-hydrogen) atoms. The minimum absolute atomic E-state index is 0.257. The fraction of sp³-hybridized carbons (Fsp3) is 0.455. The maximum atomic E-state index is 10.3. The van der Waals surface area contributed by atoms with Gasteiger partial charge < -0.3 is 5.11 Å². The van der Waals surface area contributed by atoms with Crippen molar-refractivity contribution in [1.82, 2.24) is 4.98 Å². The summed E-state index contributed by atoms with van der Waals surface area (Å²) in [6, 6.07) is 3.96. The predicted octanol–water partition coefficient (Wildman–Crippen LogP) is 2.74. The topological polar surface area (TPSA) is 50.2 Å². The molecule has 1 aromatic rings. The van der Waals surface area contributed by atoms with Crippen molar-refractivity contribution in [3.05, 3.63) is 30.1 Å². The van der Waals surface area contributed by atoms with E-state index in [0.29, 0.717) is 5.25 Å². The summed E-state index contributed by atoms with van der Waals surface area (Å²) in [7, 11) is 0. The fourth-order valence-electron chi connectivity index (χ4n) is 1.20. The lowest BCUT2D eigenvalue weighted by Gasteiger charge is -2.10. The van der Waals surface area contributed by atoms with Crippen molar-refractivity contribution < 1.29 is 9.90 Å². The van der Waals surface area contributed by atoms with Crippen molar-refractivity contribution in [2.24, 2.45) is 0 Å². The van der Waals surface area contributed by atoms with Gasteiger partial charge in [-0.25, -0.2) is 0 Å². The maximum Gasteiger partial charge on any atom is 0.303 e. The number of nitrogens with zero attached hydrogens (tertiary/aromatic N) is 1. The van der Waals surface area contributed by atoms with Gasteiger partial charge in [-0.3, -0.25) is 9.78 Å². The molecule has 3 nitrogen and oxygen atoms in total. The Bertz CT molecular complexity index is 303. The molecule has 0 fully saturated rings. The van der Waals surface area contributed by atoms with Gasteiger partial charge in [0.1, 0.15) is 0 Å². The molecule has 0 radical (unpaired) electrons. The van der Waals surface area contributed by atoms with Gasteiger partial charge in [0.25, 0.3) is 0 Å². The molecule has 1 atom stereocenters. The highest BCUT2D eigenvalue weighted by atomic mass is 32.2. The molecule has 0 spiro atoms. The first-order valence-electron chi connectivity index (χ1n) is 4.93. The van der Waals surface area contributed by atoms with Gasteiger partial charge in [0.15, 0.2) is 0 Å². The number of carbonyl (C=O) groups is 1. The van der Waals surface area contributed by atoms with Crippen molar-refractivity contribution in [3.63, 3.8) is 0 Å². The number of hydrogen-bond acceptors (Lipinski definition) is 3. The molecule has 1 unspecified atom stereocenters. The number of hydrogen-bond donors (Lipinski definition) is 1. The van der Waals surface area contributed by atoms with Crippen LogP contribution in [-0.2, 0) is 4.79 Å². The third-order valence-electron chi connectivity index (χ3n) is 2.06. The Morgan fingerprint density at radius 1 is 1.67 bits per heavy atom. The monoisotopic (exact) mass is 225 g/mol. The fourth-order valence-corrected chi connectivity index (χ4v) is 2.19. The SMILES string of the molecule is CC(SCCCC(=O)O)c1cccnc1. The van der Waals surface area contributed by atoms with Crippen LogP contribution >= 0.6 is 11.8 Å². The third-order valence-corrected chi connectivity index (χ3v) is 3.35. The van der Waals surface area contributed by atoms with Crippen molar-refractivity contribution in [1.29, 1.82) is 0 Å². The molecule has 0 aliphatic carbocycles. The van der Waals surface area contributed by atoms with E-state index in [1.54, 1.807) is 18.0 Å². The minimum Gasteiger partial charge on any atom is -0.481 e. The molecule has 1 rings (SSSR count). The molecule has 0 bridgehead atoms. The van der Waals surface area contributed by atoms with Crippen molar-refractivity contribution >= 4 is 17.7 Å². The first-order valence-corrected chi connectivity index (χ1v) is 5.98. The molecule has 0 aromatic carbocycles. The smallest absolute Gasteiger partial charge is 0.303 e. The van der Waals surface area contributed by atoms with E-state index in [1.807, 2.05) is 18.3 Å². The molecule has 1 heterocycles. The molecule has 1 aromatic heterocycles. The van der Waals surface area contributed by atoms with E-state index in [-0.39, 0.29) is 6.42 Å². The minimum atomic E-state index is -0.718. The van der Waals surface area contributed by atoms with E-state index in [4.69, 9.17) is 5.11 Å². The van der Waals surface area contributed by atoms with Crippen molar-refractivity contribution in [2.45, 2.75) is 25.0 Å². The maximum absolute atomic E-state index is 10.3. The van der Waals surface area contributed by atoms with Gasteiger partial charge in [-0.05, 0) is 30.7 Å². The summed E-state index contributed by atoms with van der Waals surface area (Å²) in [5.41, 5.74) is 1.19. The van der Waals surface area contributed by atoms with Crippen LogP contribution in [0, 0.1) is 0 Å². The number of aromatic nitrogens is 1. The number of thioether (sulfide) groups is 1. The third kappa shape index (κ3) is 4.83. The number of rotatable bonds is 6. The number of carboxylic acid groups (broad SMARTS) is 1. The van der Waals surface area contributed by atoms with Gasteiger partial charge in [0.05, 0.1) is 0 Å². The Labute approximate surface area is 93.9 Å². The number of pyridine rings is 1. The van der Waals surface area contributed by atoms with Crippen molar-refractivity contribution in [2.75, 3.05) is 5.75 Å². The summed E-state index contributed by atoms with van der Waals surface area (Å²) >= 11 is 1.77. The highest BCUT2D eigenvalue weighted by molar-refractivity contribution is 7.99. The molecule has 1 N–H and O–H groups in total. The van der Waals surface area contributed by atoms with Crippen LogP contribution in [-0.4, -0.2) is 21.8 Å². The lowest BCUT2D eigenvalue weighted by molar-refractivity contribution is -0.137. The van der Waals surface area contributed by atoms with E-state index in [2.05, 4.69) is 11.9 Å². The predicted molar refractivity (Wildman–Crippen MR) is 62.0 cm³/mol. The molecule has 82 valence electrons. The van der Waals surface area contributed by atoms with Gasteiger partial charge in [-0.2, -0.15) is 11.8 Å². The van der Waals surface area contributed by atoms with E-state index >= 15 is 0 Å². The van der Waals surface area contributed by atoms with E-state index in [0.717, 1.165) is 12.2 Å². The van der Waals surface area contributed by atoms with E-state index in [1.165, 1.54) is 5.56 Å². The number of aliphatic carboxylic acids is 1. The largest absolute Gasteiger partial charge is 0.481 e. The summed E-state index contributed by atoms with van der Waals surface area (Å²) in [5, 5.41) is 8.86. The Morgan fingerprint density at radius 3 is 3.07 bits per heavy atom. The molecular formula is C11H15NO2S. The standard InChI is InChI=1S/C11H15NO2S/c1-9(10-4-2-6-12-8-10)15-7-3-5-11(13)14/h2,4,6,8-9H,3,5,7H2,1H3,(H,13,14). The number of carboxylic acids is 1. The van der Waals surface area contributed by atoms with Gasteiger partial charge in [0.2, 0.25) is 0 Å². The van der Waals surface area contributed by atoms with Crippen LogP contribution < -0.4 is 0 Å². The van der Waals surface area contributed by atoms with Crippen molar-refractivity contribution in [3.8, 4) is 0 Å². The Balaban J connectivity index is 2.25. The molecule has 0 amide bonds. The van der Waals surface area contributed by atoms with Gasteiger partial charge in [-0.15, -0.1) is 0 Å². The van der Waals surface area contributed by atoms with Gasteiger partial charge in [-0.1, -0.05) is 6.07 Å². The molecular weight excluding hydrogens is 210 g/mol. The average Bonchev–Trinajstić information content (AvgIpc) is 2.25. The zero-order valence-electron chi connectivity index (χ0n) is 8.72. The summed E-state index contributed by atoms with van der Waals surface area (Å²) in [5.74, 6) is 0.159. The summed E-state index contributed by atoms with van der Waals surface area (Å²) in [4.78, 5) is 14.3. The summed E-state index contributed by atoms with van der Waals surface area (Å²) < 4.78 is 0. The molecule has 0 saturated carbocycles. The van der Waals surface area contributed by atoms with Crippen LogP contribution in [0.25, 0.3) is 0 Å². The quantitative estimate of drug-likeness (QED) is 0.756. The second-order valence-electron chi connectivity index (χ2n) is 3.30. The summed E-state index contributed by atoms with van der Waals surface area (Å²) in [6.07, 6.45) is 4.59. The molecule has 0 saturated heterocycles. The zero-order chi connectivity index (χ0) is 11.1. The van der Waals surface area contributed by atoms with Crippen LogP contribution in [0.2, 0.25) is 0 Å². The van der Waals surface area contributed by atoms with Gasteiger partial charge in [0, 0.05) is 24.1 Å². The van der Waals surface area contributed by atoms with Crippen LogP contribution in [0.4, 0.5) is 0 Å². The second kappa shape index (κ2) is 6.45. The van der Waals surface area contributed by atoms with E-state index in [9.17, 15) is 4.79 Å². The lowest BCUT2D eigenvalue weighted by Crippen LogP contribution is -1.96. The second-order valence-corrected chi connectivity index (χ2v) is 4.75. The van der Waals surface area contributed by atoms with Crippen LogP contribution in [0.1, 0.15) is 30.6 Å². The van der Waals surface area contributed by atoms with Crippen LogP contribution in [0.15, 0.2) is 24.5 Å². The van der Waals surface area contributed by atoms with Crippen LogP contribution in [0.3, 0.4) is 0 Å². The molecule has 0 aliphatic heterocycles. The highest BCUT2D eigenvalue weighted by Crippen LogP contribution is 2.27. The molecule has 0 aliphatic rings. The normalized spacial score (nSPS) is 12.3. The summed E-state index contributed by atoms with van der Waals surface area (Å²) in [6.45, 7) is 2.11. The Kier molecular flexibility index (Phi) is 5.18. The van der Waals surface area contributed by atoms with Crippen LogP contribution in [0.5, 0.6) is 0 Å². The zero-order valence-corrected chi connectivity index (χ0v) is 9.54. The highest BCUT2D eigenvalue weighted by Gasteiger charge is 2.05. The lowest BCUT2D eigenvalue weighted by atomic mass is 10.2. The first kappa shape index (κ1) is 12.0.